The zero-order valence-electron chi connectivity index (χ0n) is 20.3. The highest BCUT2D eigenvalue weighted by molar-refractivity contribution is 9.10. The summed E-state index contributed by atoms with van der Waals surface area (Å²) < 4.78 is 9.15. The maximum atomic E-state index is 13.8. The molecule has 8 nitrogen and oxygen atoms in total. The van der Waals surface area contributed by atoms with Crippen LogP contribution < -0.4 is 10.1 Å². The predicted molar refractivity (Wildman–Crippen MR) is 147 cm³/mol. The number of aromatic nitrogens is 1. The maximum absolute atomic E-state index is 13.8. The van der Waals surface area contributed by atoms with Crippen LogP contribution in [0.2, 0.25) is 0 Å². The van der Waals surface area contributed by atoms with E-state index in [0.717, 1.165) is 36.7 Å². The van der Waals surface area contributed by atoms with E-state index in [1.807, 2.05) is 39.8 Å². The Morgan fingerprint density at radius 1 is 1.14 bits per heavy atom. The van der Waals surface area contributed by atoms with Gasteiger partial charge in [0.2, 0.25) is 11.8 Å². The Labute approximate surface area is 231 Å². The fraction of sp³-hybridized carbons (Fsp3) is 0.296. The second-order valence-corrected chi connectivity index (χ2v) is 11.0. The van der Waals surface area contributed by atoms with Gasteiger partial charge >= 0.3 is 0 Å². The minimum Gasteiger partial charge on any atom is -0.496 e. The summed E-state index contributed by atoms with van der Waals surface area (Å²) in [5.74, 6) is 0.444. The van der Waals surface area contributed by atoms with Gasteiger partial charge in [-0.2, -0.15) is 0 Å². The summed E-state index contributed by atoms with van der Waals surface area (Å²) >= 11 is 7.15. The molecule has 3 heterocycles. The van der Waals surface area contributed by atoms with Crippen LogP contribution in [0.4, 0.5) is 0 Å². The molecule has 1 saturated heterocycles. The molecule has 0 bridgehead atoms. The minimum absolute atomic E-state index is 0.0723. The molecule has 0 radical (unpaired) electrons. The molecular weight excluding hydrogens is 604 g/mol. The molecular formula is C27H26Br2N4O4. The summed E-state index contributed by atoms with van der Waals surface area (Å²) in [6, 6.07) is 9.52. The number of carbonyl (C=O) groups is 3. The number of nitrogens with zero attached hydrogens (tertiary/aromatic N) is 3. The van der Waals surface area contributed by atoms with E-state index in [2.05, 4.69) is 43.8 Å². The third kappa shape index (κ3) is 4.92. The number of hydrogen-bond donors (Lipinski definition) is 1. The SMILES string of the molecule is C=CC(=O)N1CC(NC(=O)Cn2cc(C(=O)N3CCc4c(OC)ccc(Br)c4C3)c3cc(Br)ccc32)C1. The molecule has 37 heavy (non-hydrogen) atoms. The van der Waals surface area contributed by atoms with Gasteiger partial charge < -0.3 is 24.4 Å². The fourth-order valence-electron chi connectivity index (χ4n) is 5.02. The van der Waals surface area contributed by atoms with Crippen molar-refractivity contribution in [2.45, 2.75) is 25.6 Å². The molecule has 192 valence electrons. The Morgan fingerprint density at radius 3 is 2.65 bits per heavy atom. The van der Waals surface area contributed by atoms with Crippen LogP contribution in [0, 0.1) is 0 Å². The highest BCUT2D eigenvalue weighted by atomic mass is 79.9. The Kier molecular flexibility index (Phi) is 7.13. The Balaban J connectivity index is 1.36. The first-order valence-corrected chi connectivity index (χ1v) is 13.5. The summed E-state index contributed by atoms with van der Waals surface area (Å²) in [6.45, 7) is 5.54. The summed E-state index contributed by atoms with van der Waals surface area (Å²) in [7, 11) is 1.66. The smallest absolute Gasteiger partial charge is 0.256 e. The number of carbonyl (C=O) groups excluding carboxylic acids is 3. The highest BCUT2D eigenvalue weighted by Crippen LogP contribution is 2.35. The minimum atomic E-state index is -0.169. The first-order valence-electron chi connectivity index (χ1n) is 11.9. The first kappa shape index (κ1) is 25.5. The van der Waals surface area contributed by atoms with Gasteiger partial charge in [-0.3, -0.25) is 14.4 Å². The van der Waals surface area contributed by atoms with Crippen molar-refractivity contribution in [3.8, 4) is 5.75 Å². The highest BCUT2D eigenvalue weighted by Gasteiger charge is 2.31. The van der Waals surface area contributed by atoms with Crippen molar-refractivity contribution in [3.63, 3.8) is 0 Å². The Bertz CT molecular complexity index is 1430. The number of fused-ring (bicyclic) bond motifs is 2. The molecule has 0 unspecified atom stereocenters. The number of rotatable bonds is 6. The number of amides is 3. The molecule has 2 aromatic carbocycles. The van der Waals surface area contributed by atoms with Crippen LogP contribution >= 0.6 is 31.9 Å². The molecule has 5 rings (SSSR count). The van der Waals surface area contributed by atoms with E-state index in [1.54, 1.807) is 18.2 Å². The topological polar surface area (TPSA) is 83.9 Å². The summed E-state index contributed by atoms with van der Waals surface area (Å²) in [4.78, 5) is 41.7. The predicted octanol–water partition coefficient (Wildman–Crippen LogP) is 3.89. The first-order chi connectivity index (χ1) is 17.8. The molecule has 0 saturated carbocycles. The average molecular weight is 630 g/mol. The summed E-state index contributed by atoms with van der Waals surface area (Å²) in [5.41, 5.74) is 3.52. The van der Waals surface area contributed by atoms with Crippen molar-refractivity contribution < 1.29 is 19.1 Å². The lowest BCUT2D eigenvalue weighted by molar-refractivity contribution is -0.133. The molecule has 1 fully saturated rings. The van der Waals surface area contributed by atoms with Gasteiger partial charge in [0, 0.05) is 57.8 Å². The van der Waals surface area contributed by atoms with Crippen molar-refractivity contribution in [2.24, 2.45) is 0 Å². The lowest BCUT2D eigenvalue weighted by atomic mass is 9.98. The lowest BCUT2D eigenvalue weighted by Gasteiger charge is -2.38. The van der Waals surface area contributed by atoms with Gasteiger partial charge in [0.25, 0.3) is 5.91 Å². The molecule has 2 aliphatic heterocycles. The van der Waals surface area contributed by atoms with E-state index >= 15 is 0 Å². The number of nitrogens with one attached hydrogen (secondary N) is 1. The van der Waals surface area contributed by atoms with Crippen LogP contribution in [0.15, 0.2) is 58.1 Å². The molecule has 3 amide bonds. The normalized spacial score (nSPS) is 15.2. The summed E-state index contributed by atoms with van der Waals surface area (Å²) in [6.07, 6.45) is 3.74. The standard InChI is InChI=1S/C27H26Br2N4O4/c1-3-26(35)33-11-17(12-33)30-25(34)15-32-14-21(19-10-16(28)4-6-23(19)32)27(36)31-9-8-18-20(13-31)22(29)5-7-24(18)37-2/h3-7,10,14,17H,1,8-9,11-13,15H2,2H3,(H,30,34). The van der Waals surface area contributed by atoms with Crippen molar-refractivity contribution in [1.29, 1.82) is 0 Å². The number of halogens is 2. The number of benzene rings is 2. The van der Waals surface area contributed by atoms with E-state index < -0.39 is 0 Å². The molecule has 1 N–H and O–H groups in total. The molecule has 0 atom stereocenters. The van der Waals surface area contributed by atoms with Crippen molar-refractivity contribution in [2.75, 3.05) is 26.7 Å². The van der Waals surface area contributed by atoms with E-state index in [0.29, 0.717) is 38.2 Å². The molecule has 0 aliphatic carbocycles. The fourth-order valence-corrected chi connectivity index (χ4v) is 5.88. The van der Waals surface area contributed by atoms with Crippen LogP contribution in [0.3, 0.4) is 0 Å². The third-order valence-electron chi connectivity index (χ3n) is 6.94. The van der Waals surface area contributed by atoms with Crippen LogP contribution in [0.25, 0.3) is 10.9 Å². The van der Waals surface area contributed by atoms with Crippen LogP contribution in [-0.4, -0.2) is 64.9 Å². The van der Waals surface area contributed by atoms with Gasteiger partial charge in [-0.15, -0.1) is 0 Å². The molecule has 0 spiro atoms. The van der Waals surface area contributed by atoms with E-state index in [9.17, 15) is 14.4 Å². The van der Waals surface area contributed by atoms with Gasteiger partial charge in [0.1, 0.15) is 12.3 Å². The van der Waals surface area contributed by atoms with Crippen LogP contribution in [-0.2, 0) is 29.1 Å². The number of ether oxygens (including phenoxy) is 1. The van der Waals surface area contributed by atoms with E-state index in [4.69, 9.17) is 4.74 Å². The third-order valence-corrected chi connectivity index (χ3v) is 8.18. The van der Waals surface area contributed by atoms with Crippen LogP contribution in [0.5, 0.6) is 5.75 Å². The number of likely N-dealkylation sites (tertiary alicyclic amines) is 1. The zero-order chi connectivity index (χ0) is 26.3. The van der Waals surface area contributed by atoms with Gasteiger partial charge in [-0.25, -0.2) is 0 Å². The number of hydrogen-bond acceptors (Lipinski definition) is 4. The Morgan fingerprint density at radius 2 is 1.92 bits per heavy atom. The van der Waals surface area contributed by atoms with Gasteiger partial charge in [0.15, 0.2) is 0 Å². The lowest BCUT2D eigenvalue weighted by Crippen LogP contribution is -2.61. The van der Waals surface area contributed by atoms with Crippen molar-refractivity contribution >= 4 is 60.5 Å². The monoisotopic (exact) mass is 628 g/mol. The van der Waals surface area contributed by atoms with E-state index in [1.165, 1.54) is 6.08 Å². The molecule has 2 aliphatic rings. The van der Waals surface area contributed by atoms with Gasteiger partial charge in [-0.1, -0.05) is 38.4 Å². The second kappa shape index (κ2) is 10.3. The Hall–Kier alpha value is -3.11. The maximum Gasteiger partial charge on any atom is 0.256 e. The van der Waals surface area contributed by atoms with Gasteiger partial charge in [0.05, 0.1) is 18.7 Å². The summed E-state index contributed by atoms with van der Waals surface area (Å²) in [5, 5.41) is 3.76. The van der Waals surface area contributed by atoms with Gasteiger partial charge in [-0.05, 0) is 48.4 Å². The molecule has 10 heteroatoms. The van der Waals surface area contributed by atoms with E-state index in [-0.39, 0.29) is 30.3 Å². The van der Waals surface area contributed by atoms with Crippen LogP contribution in [0.1, 0.15) is 21.5 Å². The largest absolute Gasteiger partial charge is 0.496 e. The van der Waals surface area contributed by atoms with Crippen molar-refractivity contribution in [1.82, 2.24) is 19.7 Å². The number of methoxy groups -OCH3 is 1. The molecule has 1 aromatic heterocycles. The molecule has 3 aromatic rings. The average Bonchev–Trinajstić information content (AvgIpc) is 3.22. The second-order valence-electron chi connectivity index (χ2n) is 9.23. The zero-order valence-corrected chi connectivity index (χ0v) is 23.5. The van der Waals surface area contributed by atoms with Crippen molar-refractivity contribution in [3.05, 3.63) is 74.8 Å². The quantitative estimate of drug-likeness (QED) is 0.420.